The zero-order chi connectivity index (χ0) is 22.1. The topological polar surface area (TPSA) is 50.2 Å². The summed E-state index contributed by atoms with van der Waals surface area (Å²) in [7, 11) is 0. The first-order valence-electron chi connectivity index (χ1n) is 10.5. The average molecular weight is 595 g/mol. The van der Waals surface area contributed by atoms with Gasteiger partial charge in [-0.25, -0.2) is 0 Å². The van der Waals surface area contributed by atoms with E-state index in [1.165, 1.54) is 17.0 Å². The number of nitrogens with zero attached hydrogens (tertiary/aromatic N) is 1. The van der Waals surface area contributed by atoms with Crippen molar-refractivity contribution < 1.29 is 30.0 Å². The van der Waals surface area contributed by atoms with E-state index in [1.54, 1.807) is 0 Å². The molecule has 0 amide bonds. The van der Waals surface area contributed by atoms with Crippen molar-refractivity contribution >= 4 is 16.7 Å². The third kappa shape index (κ3) is 9.59. The molecule has 0 spiro atoms. The molecule has 0 aliphatic heterocycles. The van der Waals surface area contributed by atoms with Crippen molar-refractivity contribution in [3.05, 3.63) is 78.1 Å². The molecule has 1 radical (unpaired) electrons. The second kappa shape index (κ2) is 13.2. The van der Waals surface area contributed by atoms with Gasteiger partial charge in [0, 0.05) is 39.0 Å². The molecule has 0 bridgehead atoms. The van der Waals surface area contributed by atoms with Crippen LogP contribution in [0.3, 0.4) is 0 Å². The SMILES string of the molecule is CC(C)CC(=O)/C=C(\O)CC(C)C.Cc1cc[c-]c(-c2ccc3ccccc3n2)c1.[Ir]. The van der Waals surface area contributed by atoms with Gasteiger partial charge in [0.1, 0.15) is 0 Å². The average Bonchev–Trinajstić information content (AvgIpc) is 2.66. The molecule has 4 heteroatoms. The van der Waals surface area contributed by atoms with Gasteiger partial charge in [0.05, 0.1) is 11.3 Å². The van der Waals surface area contributed by atoms with Crippen LogP contribution in [0.15, 0.2) is 66.4 Å². The Hall–Kier alpha value is -2.29. The summed E-state index contributed by atoms with van der Waals surface area (Å²) in [6, 6.07) is 21.6. The molecule has 0 fully saturated rings. The Kier molecular flexibility index (Phi) is 11.4. The fraction of sp³-hybridized carbons (Fsp3) is 0.333. The molecule has 1 heterocycles. The first-order chi connectivity index (χ1) is 14.2. The standard InChI is InChI=1S/C16H12N.C11H20O2.Ir/c1-12-5-4-7-14(11-12)16-10-9-13-6-2-3-8-15(13)17-16;1-8(2)5-10(12)7-11(13)6-9(3)4;/h2-6,8-11H,1H3;7-9,12H,5-6H2,1-4H3;/q-1;;/b;10-7-;. The maximum atomic E-state index is 11.2. The Morgan fingerprint density at radius 3 is 2.35 bits per heavy atom. The van der Waals surface area contributed by atoms with Crippen LogP contribution in [-0.2, 0) is 24.9 Å². The Balaban J connectivity index is 0.000000314. The number of rotatable bonds is 6. The third-order valence-electron chi connectivity index (χ3n) is 4.39. The molecule has 0 unspecified atom stereocenters. The second-order valence-corrected chi connectivity index (χ2v) is 8.47. The summed E-state index contributed by atoms with van der Waals surface area (Å²) >= 11 is 0. The quantitative estimate of drug-likeness (QED) is 0.188. The summed E-state index contributed by atoms with van der Waals surface area (Å²) < 4.78 is 0. The number of para-hydroxylation sites is 1. The number of aliphatic hydroxyl groups is 1. The number of pyridine rings is 1. The van der Waals surface area contributed by atoms with Crippen LogP contribution in [0.5, 0.6) is 0 Å². The number of aromatic nitrogens is 1. The molecule has 0 aliphatic rings. The predicted octanol–water partition coefficient (Wildman–Crippen LogP) is 7.10. The number of hydrogen-bond donors (Lipinski definition) is 1. The number of aliphatic hydroxyl groups excluding tert-OH is 1. The van der Waals surface area contributed by atoms with E-state index in [1.807, 2.05) is 64.1 Å². The normalized spacial score (nSPS) is 11.1. The van der Waals surface area contributed by atoms with Crippen molar-refractivity contribution in [1.29, 1.82) is 0 Å². The van der Waals surface area contributed by atoms with E-state index in [0.29, 0.717) is 24.7 Å². The van der Waals surface area contributed by atoms with Gasteiger partial charge >= 0.3 is 0 Å². The summed E-state index contributed by atoms with van der Waals surface area (Å²) in [5.74, 6) is 0.979. The molecule has 167 valence electrons. The van der Waals surface area contributed by atoms with Crippen LogP contribution in [0.4, 0.5) is 0 Å². The first kappa shape index (κ1) is 26.7. The molecule has 3 nitrogen and oxygen atoms in total. The summed E-state index contributed by atoms with van der Waals surface area (Å²) in [6.45, 7) is 10.1. The van der Waals surface area contributed by atoms with Crippen molar-refractivity contribution in [2.24, 2.45) is 11.8 Å². The van der Waals surface area contributed by atoms with Crippen LogP contribution in [-0.4, -0.2) is 15.9 Å². The van der Waals surface area contributed by atoms with Gasteiger partial charge in [-0.15, -0.1) is 35.4 Å². The first-order valence-corrected chi connectivity index (χ1v) is 10.5. The number of hydrogen-bond acceptors (Lipinski definition) is 3. The molecular weight excluding hydrogens is 563 g/mol. The van der Waals surface area contributed by atoms with Gasteiger partial charge in [-0.1, -0.05) is 65.0 Å². The number of fused-ring (bicyclic) bond motifs is 1. The van der Waals surface area contributed by atoms with E-state index in [-0.39, 0.29) is 31.6 Å². The Labute approximate surface area is 200 Å². The molecule has 1 N–H and O–H groups in total. The van der Waals surface area contributed by atoms with Gasteiger partial charge in [0.25, 0.3) is 0 Å². The Morgan fingerprint density at radius 1 is 1.03 bits per heavy atom. The summed E-state index contributed by atoms with van der Waals surface area (Å²) in [4.78, 5) is 15.9. The van der Waals surface area contributed by atoms with Crippen LogP contribution in [0.1, 0.15) is 46.1 Å². The predicted molar refractivity (Wildman–Crippen MR) is 125 cm³/mol. The summed E-state index contributed by atoms with van der Waals surface area (Å²) in [5, 5.41) is 10.5. The summed E-state index contributed by atoms with van der Waals surface area (Å²) in [5.41, 5.74) is 4.29. The molecule has 1 aromatic heterocycles. The number of carbonyl (C=O) groups is 1. The minimum Gasteiger partial charge on any atom is -0.512 e. The monoisotopic (exact) mass is 595 g/mol. The minimum absolute atomic E-state index is 0. The van der Waals surface area contributed by atoms with Crippen molar-refractivity contribution in [2.75, 3.05) is 0 Å². The molecule has 0 saturated heterocycles. The van der Waals surface area contributed by atoms with E-state index in [0.717, 1.165) is 16.8 Å². The van der Waals surface area contributed by atoms with E-state index in [2.05, 4.69) is 36.2 Å². The van der Waals surface area contributed by atoms with Crippen LogP contribution in [0, 0.1) is 24.8 Å². The van der Waals surface area contributed by atoms with Gasteiger partial charge < -0.3 is 5.11 Å². The summed E-state index contributed by atoms with van der Waals surface area (Å²) in [6.07, 6.45) is 2.46. The van der Waals surface area contributed by atoms with Gasteiger partial charge in [-0.05, 0) is 29.0 Å². The largest absolute Gasteiger partial charge is 0.512 e. The Bertz CT molecular complexity index is 1010. The van der Waals surface area contributed by atoms with E-state index >= 15 is 0 Å². The van der Waals surface area contributed by atoms with Gasteiger partial charge in [-0.2, -0.15) is 0 Å². The zero-order valence-corrected chi connectivity index (χ0v) is 21.4. The van der Waals surface area contributed by atoms with Crippen molar-refractivity contribution in [1.82, 2.24) is 4.98 Å². The third-order valence-corrected chi connectivity index (χ3v) is 4.39. The van der Waals surface area contributed by atoms with E-state index in [4.69, 9.17) is 0 Å². The molecule has 0 saturated carbocycles. The fourth-order valence-electron chi connectivity index (χ4n) is 3.07. The molecule has 0 atom stereocenters. The van der Waals surface area contributed by atoms with E-state index < -0.39 is 0 Å². The van der Waals surface area contributed by atoms with Crippen molar-refractivity contribution in [3.8, 4) is 11.3 Å². The fourth-order valence-corrected chi connectivity index (χ4v) is 3.07. The van der Waals surface area contributed by atoms with Crippen LogP contribution >= 0.6 is 0 Å². The van der Waals surface area contributed by atoms with Gasteiger partial charge in [-0.3, -0.25) is 9.78 Å². The van der Waals surface area contributed by atoms with Crippen LogP contribution in [0.25, 0.3) is 22.2 Å². The van der Waals surface area contributed by atoms with Crippen molar-refractivity contribution in [2.45, 2.75) is 47.5 Å². The molecule has 0 aliphatic carbocycles. The molecule has 2 aromatic carbocycles. The van der Waals surface area contributed by atoms with Gasteiger partial charge in [0.15, 0.2) is 5.78 Å². The van der Waals surface area contributed by atoms with E-state index in [9.17, 15) is 9.90 Å². The number of aryl methyl sites for hydroxylation is 1. The second-order valence-electron chi connectivity index (χ2n) is 8.47. The molecule has 31 heavy (non-hydrogen) atoms. The zero-order valence-electron chi connectivity index (χ0n) is 19.0. The van der Waals surface area contributed by atoms with Crippen LogP contribution in [0.2, 0.25) is 0 Å². The molecular formula is C27H32IrNO2-. The minimum atomic E-state index is 0. The smallest absolute Gasteiger partial charge is 0.159 e. The van der Waals surface area contributed by atoms with Crippen LogP contribution < -0.4 is 0 Å². The van der Waals surface area contributed by atoms with Crippen molar-refractivity contribution in [3.63, 3.8) is 0 Å². The molecule has 3 aromatic rings. The number of allylic oxidation sites excluding steroid dienone is 2. The Morgan fingerprint density at radius 2 is 1.71 bits per heavy atom. The van der Waals surface area contributed by atoms with Gasteiger partial charge in [0.2, 0.25) is 0 Å². The maximum Gasteiger partial charge on any atom is 0.159 e. The number of benzene rings is 2. The molecule has 3 rings (SSSR count). The maximum absolute atomic E-state index is 11.2. The number of ketones is 1. The number of carbonyl (C=O) groups excluding carboxylic acids is 1.